The summed E-state index contributed by atoms with van der Waals surface area (Å²) in [6.07, 6.45) is -0.495. The molecule has 0 aromatic heterocycles. The average Bonchev–Trinajstić information content (AvgIpc) is 1.21. The van der Waals surface area contributed by atoms with E-state index in [-0.39, 0.29) is 21.7 Å². The Balaban J connectivity index is 0. The van der Waals surface area contributed by atoms with Gasteiger partial charge in [0, 0.05) is 21.7 Å². The minimum Gasteiger partial charge on any atom is -0.264 e. The fraction of sp³-hybridized carbons (Fsp3) is 1.00. The molecule has 0 aliphatic rings. The molecular weight excluding hydrogens is 180 g/mol. The van der Waals surface area contributed by atoms with Crippen LogP contribution in [-0.4, -0.2) is 19.1 Å². The molecule has 0 fully saturated rings. The normalized spacial score (nSPS) is 11.1. The largest absolute Gasteiger partial charge is 0.397 e. The molecule has 0 bridgehead atoms. The molecular formula is C3H8O4STi. The van der Waals surface area contributed by atoms with Crippen molar-refractivity contribution < 1.29 is 38.9 Å². The van der Waals surface area contributed by atoms with Gasteiger partial charge in [-0.05, 0) is 13.8 Å². The first-order valence-electron chi connectivity index (χ1n) is 2.07. The minimum atomic E-state index is -4.22. The summed E-state index contributed by atoms with van der Waals surface area (Å²) in [6.45, 7) is 3.02. The van der Waals surface area contributed by atoms with Crippen molar-refractivity contribution in [3.8, 4) is 0 Å². The molecule has 0 atom stereocenters. The quantitative estimate of drug-likeness (QED) is 0.497. The number of rotatable bonds is 2. The van der Waals surface area contributed by atoms with E-state index >= 15 is 0 Å². The van der Waals surface area contributed by atoms with Gasteiger partial charge in [0.1, 0.15) is 0 Å². The molecule has 54 valence electrons. The van der Waals surface area contributed by atoms with Gasteiger partial charge in [-0.2, -0.15) is 8.42 Å². The van der Waals surface area contributed by atoms with Crippen LogP contribution in [0.5, 0.6) is 0 Å². The molecule has 0 heterocycles. The summed E-state index contributed by atoms with van der Waals surface area (Å²) in [4.78, 5) is 0. The van der Waals surface area contributed by atoms with Gasteiger partial charge in [0.15, 0.2) is 0 Å². The second kappa shape index (κ2) is 4.41. The summed E-state index contributed by atoms with van der Waals surface area (Å²) >= 11 is 0. The van der Waals surface area contributed by atoms with Crippen molar-refractivity contribution in [1.82, 2.24) is 0 Å². The first-order chi connectivity index (χ1) is 3.42. The van der Waals surface area contributed by atoms with Gasteiger partial charge in [-0.25, -0.2) is 4.18 Å². The van der Waals surface area contributed by atoms with E-state index in [1.807, 2.05) is 0 Å². The van der Waals surface area contributed by atoms with Gasteiger partial charge in [-0.15, -0.1) is 0 Å². The van der Waals surface area contributed by atoms with Crippen LogP contribution in [0.3, 0.4) is 0 Å². The smallest absolute Gasteiger partial charge is 0.264 e. The first-order valence-corrected chi connectivity index (χ1v) is 3.44. The van der Waals surface area contributed by atoms with Gasteiger partial charge < -0.3 is 0 Å². The van der Waals surface area contributed by atoms with E-state index < -0.39 is 16.5 Å². The maximum absolute atomic E-state index is 9.78. The standard InChI is InChI=1S/C3H8O4S.Ti/c1-3(2)7-8(4,5)6;/h3H,1-2H3,(H,4,5,6);. The zero-order chi connectivity index (χ0) is 6.78. The molecule has 1 N–H and O–H groups in total. The van der Waals surface area contributed by atoms with E-state index in [9.17, 15) is 8.42 Å². The van der Waals surface area contributed by atoms with E-state index in [0.29, 0.717) is 0 Å². The molecule has 9 heavy (non-hydrogen) atoms. The van der Waals surface area contributed by atoms with E-state index in [0.717, 1.165) is 0 Å². The van der Waals surface area contributed by atoms with E-state index in [1.165, 1.54) is 13.8 Å². The third kappa shape index (κ3) is 11.9. The maximum atomic E-state index is 9.78. The molecule has 0 rings (SSSR count). The Kier molecular flexibility index (Phi) is 6.01. The topological polar surface area (TPSA) is 63.6 Å². The Morgan fingerprint density at radius 3 is 1.78 bits per heavy atom. The van der Waals surface area contributed by atoms with Crippen LogP contribution in [0.2, 0.25) is 0 Å². The van der Waals surface area contributed by atoms with Gasteiger partial charge in [0.25, 0.3) is 0 Å². The number of hydrogen-bond donors (Lipinski definition) is 1. The molecule has 0 radical (unpaired) electrons. The van der Waals surface area contributed by atoms with Crippen molar-refractivity contribution in [2.75, 3.05) is 0 Å². The zero-order valence-corrected chi connectivity index (χ0v) is 7.54. The summed E-state index contributed by atoms with van der Waals surface area (Å²) < 4.78 is 31.5. The van der Waals surface area contributed by atoms with Crippen molar-refractivity contribution in [2.24, 2.45) is 0 Å². The Labute approximate surface area is 69.4 Å². The van der Waals surface area contributed by atoms with Crippen LogP contribution < -0.4 is 0 Å². The van der Waals surface area contributed by atoms with Gasteiger partial charge in [0.05, 0.1) is 6.10 Å². The summed E-state index contributed by atoms with van der Waals surface area (Å²) in [5, 5.41) is 0. The molecule has 0 saturated carbocycles. The van der Waals surface area contributed by atoms with Crippen LogP contribution in [0.15, 0.2) is 0 Å². The summed E-state index contributed by atoms with van der Waals surface area (Å²) in [6, 6.07) is 0. The number of hydrogen-bond acceptors (Lipinski definition) is 3. The predicted molar refractivity (Wildman–Crippen MR) is 27.8 cm³/mol. The molecule has 0 amide bonds. The fourth-order valence-electron chi connectivity index (χ4n) is 0.243. The fourth-order valence-corrected chi connectivity index (χ4v) is 0.730. The van der Waals surface area contributed by atoms with Gasteiger partial charge >= 0.3 is 10.4 Å². The monoisotopic (exact) mass is 188 g/mol. The Morgan fingerprint density at radius 1 is 1.44 bits per heavy atom. The Morgan fingerprint density at radius 2 is 1.78 bits per heavy atom. The van der Waals surface area contributed by atoms with Crippen molar-refractivity contribution in [2.45, 2.75) is 20.0 Å². The minimum absolute atomic E-state index is 0. The Hall–Kier alpha value is 0.584. The van der Waals surface area contributed by atoms with Gasteiger partial charge in [0.2, 0.25) is 0 Å². The van der Waals surface area contributed by atoms with Crippen LogP contribution in [0.25, 0.3) is 0 Å². The molecule has 0 unspecified atom stereocenters. The van der Waals surface area contributed by atoms with E-state index in [4.69, 9.17) is 4.55 Å². The van der Waals surface area contributed by atoms with Crippen LogP contribution >= 0.6 is 0 Å². The molecule has 0 aromatic rings. The second-order valence-corrected chi connectivity index (χ2v) is 2.62. The van der Waals surface area contributed by atoms with Gasteiger partial charge in [-0.3, -0.25) is 4.55 Å². The van der Waals surface area contributed by atoms with Crippen LogP contribution in [0.4, 0.5) is 0 Å². The molecule has 0 aromatic carbocycles. The van der Waals surface area contributed by atoms with Crippen molar-refractivity contribution in [1.29, 1.82) is 0 Å². The summed E-state index contributed by atoms with van der Waals surface area (Å²) in [5.74, 6) is 0. The predicted octanol–water partition coefficient (Wildman–Crippen LogP) is 0.212. The van der Waals surface area contributed by atoms with Crippen molar-refractivity contribution in [3.05, 3.63) is 0 Å². The van der Waals surface area contributed by atoms with Crippen LogP contribution in [-0.2, 0) is 36.3 Å². The molecule has 0 saturated heterocycles. The van der Waals surface area contributed by atoms with Crippen LogP contribution in [0.1, 0.15) is 13.8 Å². The first kappa shape index (κ1) is 12.3. The van der Waals surface area contributed by atoms with Crippen LogP contribution in [0, 0.1) is 0 Å². The molecule has 0 spiro atoms. The van der Waals surface area contributed by atoms with E-state index in [2.05, 4.69) is 4.18 Å². The van der Waals surface area contributed by atoms with E-state index in [1.54, 1.807) is 0 Å². The van der Waals surface area contributed by atoms with Crippen molar-refractivity contribution in [3.63, 3.8) is 0 Å². The average molecular weight is 188 g/mol. The molecule has 4 nitrogen and oxygen atoms in total. The molecule has 0 aliphatic carbocycles. The maximum Gasteiger partial charge on any atom is 0.397 e. The van der Waals surface area contributed by atoms with Crippen molar-refractivity contribution >= 4 is 10.4 Å². The third-order valence-corrected chi connectivity index (χ3v) is 0.942. The molecule has 6 heteroatoms. The summed E-state index contributed by atoms with van der Waals surface area (Å²) in [7, 11) is -4.22. The summed E-state index contributed by atoms with van der Waals surface area (Å²) in [5.41, 5.74) is 0. The third-order valence-electron chi connectivity index (χ3n) is 0.314. The SMILES string of the molecule is CC(C)OS(=O)(=O)O.[Ti]. The second-order valence-electron chi connectivity index (χ2n) is 1.57. The van der Waals surface area contributed by atoms with Gasteiger partial charge in [-0.1, -0.05) is 0 Å². The Bertz CT molecular complexity index is 149. The molecule has 0 aliphatic heterocycles. The zero-order valence-electron chi connectivity index (χ0n) is 5.16.